The average molecular weight is 209 g/mol. The van der Waals surface area contributed by atoms with E-state index in [-0.39, 0.29) is 0 Å². The average Bonchev–Trinajstić information content (AvgIpc) is 2.13. The third-order valence-corrected chi connectivity index (χ3v) is 2.03. The molecular weight excluding hydrogens is 203 g/mol. The number of hydrogen-bond acceptors (Lipinski definition) is 1. The molecule has 0 bridgehead atoms. The minimum Gasteiger partial charge on any atom is -0.256 e. The Morgan fingerprint density at radius 2 is 2.56 bits per heavy atom. The van der Waals surface area contributed by atoms with Crippen molar-refractivity contribution < 1.29 is 0 Å². The van der Waals surface area contributed by atoms with Gasteiger partial charge in [-0.15, -0.1) is 11.6 Å². The van der Waals surface area contributed by atoms with Gasteiger partial charge >= 0.3 is 0 Å². The zero-order chi connectivity index (χ0) is 6.85. The Morgan fingerprint density at radius 3 is 2.78 bits per heavy atom. The Labute approximate surface area is 66.9 Å². The molecule has 1 aromatic heterocycles. The maximum absolute atomic E-state index is 5.49. The van der Waals surface area contributed by atoms with E-state index < -0.39 is 0 Å². The van der Waals surface area contributed by atoms with Crippen LogP contribution >= 0.6 is 27.5 Å². The normalized spacial score (nSPS) is 10.1. The maximum Gasteiger partial charge on any atom is 0.115 e. The van der Waals surface area contributed by atoms with Crippen LogP contribution in [0.2, 0.25) is 0 Å². The molecule has 0 radical (unpaired) electrons. The molecule has 0 aliphatic heterocycles. The number of aryl methyl sites for hydroxylation is 1. The molecule has 0 N–H and O–H groups in total. The molecule has 0 saturated heterocycles. The third-order valence-electron chi connectivity index (χ3n) is 1.01. The first kappa shape index (κ1) is 7.09. The highest BCUT2D eigenvalue weighted by atomic mass is 79.9. The lowest BCUT2D eigenvalue weighted by Crippen LogP contribution is -1.91. The van der Waals surface area contributed by atoms with Crippen LogP contribution in [0.5, 0.6) is 0 Å². The zero-order valence-corrected chi connectivity index (χ0v) is 7.28. The van der Waals surface area contributed by atoms with Crippen LogP contribution < -0.4 is 0 Å². The number of nitrogens with zero attached hydrogens (tertiary/aromatic N) is 2. The van der Waals surface area contributed by atoms with Crippen molar-refractivity contribution >= 4 is 27.5 Å². The summed E-state index contributed by atoms with van der Waals surface area (Å²) in [5.74, 6) is 0. The molecule has 0 unspecified atom stereocenters. The second-order valence-electron chi connectivity index (χ2n) is 1.72. The first-order valence-corrected chi connectivity index (χ1v) is 3.82. The molecule has 0 aliphatic carbocycles. The molecule has 2 nitrogen and oxygen atoms in total. The molecule has 0 fully saturated rings. The summed E-state index contributed by atoms with van der Waals surface area (Å²) in [4.78, 5) is 0. The Bertz CT molecular complexity index is 189. The van der Waals surface area contributed by atoms with Crippen molar-refractivity contribution in [2.45, 2.75) is 12.9 Å². The molecule has 4 heteroatoms. The highest BCUT2D eigenvalue weighted by Gasteiger charge is 1.97. The van der Waals surface area contributed by atoms with Crippen molar-refractivity contribution in [1.82, 2.24) is 9.78 Å². The Morgan fingerprint density at radius 1 is 1.89 bits per heavy atom. The fourth-order valence-corrected chi connectivity index (χ4v) is 0.993. The number of alkyl halides is 1. The van der Waals surface area contributed by atoms with Crippen molar-refractivity contribution in [3.8, 4) is 0 Å². The van der Waals surface area contributed by atoms with E-state index in [1.54, 1.807) is 4.68 Å². The monoisotopic (exact) mass is 208 g/mol. The molecule has 0 atom stereocenters. The minimum atomic E-state index is 0.409. The van der Waals surface area contributed by atoms with Gasteiger partial charge in [0, 0.05) is 6.20 Å². The van der Waals surface area contributed by atoms with Gasteiger partial charge in [-0.05, 0) is 22.9 Å². The van der Waals surface area contributed by atoms with Crippen LogP contribution in [0.1, 0.15) is 5.69 Å². The second kappa shape index (κ2) is 2.71. The minimum absolute atomic E-state index is 0.409. The van der Waals surface area contributed by atoms with E-state index in [1.807, 2.05) is 13.1 Å². The highest BCUT2D eigenvalue weighted by molar-refractivity contribution is 9.10. The van der Waals surface area contributed by atoms with Crippen molar-refractivity contribution in [1.29, 1.82) is 0 Å². The second-order valence-corrected chi connectivity index (χ2v) is 2.81. The topological polar surface area (TPSA) is 17.8 Å². The summed E-state index contributed by atoms with van der Waals surface area (Å²) < 4.78 is 2.67. The molecule has 1 aromatic rings. The van der Waals surface area contributed by atoms with E-state index >= 15 is 0 Å². The highest BCUT2D eigenvalue weighted by Crippen LogP contribution is 2.12. The summed E-state index contributed by atoms with van der Waals surface area (Å²) in [7, 11) is 0. The number of halogens is 2. The largest absolute Gasteiger partial charge is 0.256 e. The quantitative estimate of drug-likeness (QED) is 0.648. The molecule has 9 heavy (non-hydrogen) atoms. The van der Waals surface area contributed by atoms with Gasteiger partial charge in [-0.3, -0.25) is 4.68 Å². The van der Waals surface area contributed by atoms with Gasteiger partial charge in [-0.25, -0.2) is 0 Å². The number of aromatic nitrogens is 2. The summed E-state index contributed by atoms with van der Waals surface area (Å²) >= 11 is 8.81. The van der Waals surface area contributed by atoms with Crippen LogP contribution in [0.4, 0.5) is 0 Å². The lowest BCUT2D eigenvalue weighted by Gasteiger charge is -1.86. The first-order valence-electron chi connectivity index (χ1n) is 2.49. The molecule has 0 saturated carbocycles. The van der Waals surface area contributed by atoms with Crippen LogP contribution in [0.3, 0.4) is 0 Å². The molecule has 50 valence electrons. The third kappa shape index (κ3) is 1.46. The van der Waals surface area contributed by atoms with Crippen LogP contribution in [0.15, 0.2) is 10.7 Å². The number of rotatable bonds is 1. The lowest BCUT2D eigenvalue weighted by atomic mass is 10.5. The van der Waals surface area contributed by atoms with Crippen LogP contribution in [0.25, 0.3) is 0 Å². The van der Waals surface area contributed by atoms with Crippen molar-refractivity contribution in [2.75, 3.05) is 0 Å². The van der Waals surface area contributed by atoms with E-state index in [2.05, 4.69) is 21.0 Å². The van der Waals surface area contributed by atoms with Crippen LogP contribution in [-0.4, -0.2) is 9.78 Å². The van der Waals surface area contributed by atoms with Crippen molar-refractivity contribution in [3.63, 3.8) is 0 Å². The van der Waals surface area contributed by atoms with Crippen LogP contribution in [-0.2, 0) is 6.00 Å². The van der Waals surface area contributed by atoms with Crippen LogP contribution in [0, 0.1) is 6.92 Å². The van der Waals surface area contributed by atoms with Gasteiger partial charge in [0.05, 0.1) is 10.2 Å². The number of hydrogen-bond donors (Lipinski definition) is 0. The Hall–Kier alpha value is -0.0200. The maximum atomic E-state index is 5.49. The molecule has 0 spiro atoms. The van der Waals surface area contributed by atoms with Gasteiger partial charge in [-0.1, -0.05) is 0 Å². The first-order chi connectivity index (χ1) is 4.24. The molecule has 1 heterocycles. The standard InChI is InChI=1S/C5H6BrClN2/c1-4-5(6)2-9(3-7)8-4/h2H,3H2,1H3. The SMILES string of the molecule is Cc1nn(CCl)cc1Br. The Balaban J connectivity index is 2.98. The van der Waals surface area contributed by atoms with Gasteiger partial charge in [0.25, 0.3) is 0 Å². The Kier molecular flexibility index (Phi) is 2.13. The van der Waals surface area contributed by atoms with E-state index in [4.69, 9.17) is 11.6 Å². The predicted molar refractivity (Wildman–Crippen MR) is 40.5 cm³/mol. The van der Waals surface area contributed by atoms with E-state index in [0.29, 0.717) is 6.00 Å². The zero-order valence-electron chi connectivity index (χ0n) is 4.93. The summed E-state index contributed by atoms with van der Waals surface area (Å²) in [5.41, 5.74) is 0.968. The molecular formula is C5H6BrClN2. The smallest absolute Gasteiger partial charge is 0.115 e. The fourth-order valence-electron chi connectivity index (χ4n) is 0.555. The summed E-state index contributed by atoms with van der Waals surface area (Å²) in [6.07, 6.45) is 1.85. The van der Waals surface area contributed by atoms with Crippen molar-refractivity contribution in [2.24, 2.45) is 0 Å². The summed E-state index contributed by atoms with van der Waals surface area (Å²) in [6.45, 7) is 1.92. The fraction of sp³-hybridized carbons (Fsp3) is 0.400. The van der Waals surface area contributed by atoms with Gasteiger partial charge in [-0.2, -0.15) is 5.10 Å². The van der Waals surface area contributed by atoms with E-state index in [1.165, 1.54) is 0 Å². The molecule has 1 rings (SSSR count). The van der Waals surface area contributed by atoms with E-state index in [0.717, 1.165) is 10.2 Å². The summed E-state index contributed by atoms with van der Waals surface area (Å²) in [5, 5.41) is 4.07. The van der Waals surface area contributed by atoms with Gasteiger partial charge < -0.3 is 0 Å². The van der Waals surface area contributed by atoms with Gasteiger partial charge in [0.2, 0.25) is 0 Å². The van der Waals surface area contributed by atoms with Gasteiger partial charge in [0.15, 0.2) is 0 Å². The lowest BCUT2D eigenvalue weighted by molar-refractivity contribution is 0.734. The van der Waals surface area contributed by atoms with E-state index in [9.17, 15) is 0 Å². The molecule has 0 aliphatic rings. The summed E-state index contributed by atoms with van der Waals surface area (Å²) in [6, 6.07) is 0.409. The molecule has 0 amide bonds. The van der Waals surface area contributed by atoms with Gasteiger partial charge in [0.1, 0.15) is 6.00 Å². The van der Waals surface area contributed by atoms with Crippen molar-refractivity contribution in [3.05, 3.63) is 16.4 Å². The predicted octanol–water partition coefficient (Wildman–Crippen LogP) is 2.15. The molecule has 0 aromatic carbocycles.